The van der Waals surface area contributed by atoms with Crippen LogP contribution in [0.3, 0.4) is 0 Å². The number of epoxide rings is 1. The van der Waals surface area contributed by atoms with Crippen molar-refractivity contribution in [3.05, 3.63) is 35.9 Å². The smallest absolute Gasteiger partial charge is 0.253 e. The molecule has 0 aromatic heterocycles. The summed E-state index contributed by atoms with van der Waals surface area (Å²) in [4.78, 5) is 14.7. The molecule has 1 aromatic rings. The van der Waals surface area contributed by atoms with Gasteiger partial charge in [0.25, 0.3) is 5.91 Å². The van der Waals surface area contributed by atoms with Crippen molar-refractivity contribution in [3.8, 4) is 0 Å². The third kappa shape index (κ3) is 2.14. The van der Waals surface area contributed by atoms with Gasteiger partial charge in [-0.3, -0.25) is 4.79 Å². The van der Waals surface area contributed by atoms with Crippen molar-refractivity contribution in [1.29, 1.82) is 0 Å². The summed E-state index contributed by atoms with van der Waals surface area (Å²) in [5, 5.41) is 0. The fourth-order valence-electron chi connectivity index (χ4n) is 4.11. The summed E-state index contributed by atoms with van der Waals surface area (Å²) in [7, 11) is 0. The first-order valence-electron chi connectivity index (χ1n) is 7.76. The van der Waals surface area contributed by atoms with Crippen molar-refractivity contribution in [2.24, 2.45) is 5.41 Å². The van der Waals surface area contributed by atoms with Gasteiger partial charge in [-0.05, 0) is 49.7 Å². The molecule has 1 amide bonds. The largest absolute Gasteiger partial charge is 0.370 e. The molecule has 2 aliphatic heterocycles. The predicted octanol–water partition coefficient (Wildman–Crippen LogP) is 2.86. The van der Waals surface area contributed by atoms with E-state index in [2.05, 4.69) is 4.90 Å². The molecule has 3 aliphatic rings. The van der Waals surface area contributed by atoms with Crippen LogP contribution in [0.25, 0.3) is 0 Å². The molecule has 0 radical (unpaired) electrons. The van der Waals surface area contributed by atoms with E-state index in [0.29, 0.717) is 17.6 Å². The van der Waals surface area contributed by atoms with Crippen LogP contribution in [0, 0.1) is 5.41 Å². The molecule has 4 rings (SSSR count). The van der Waals surface area contributed by atoms with E-state index in [0.717, 1.165) is 31.5 Å². The minimum atomic E-state index is 0.198. The van der Waals surface area contributed by atoms with Crippen molar-refractivity contribution in [1.82, 2.24) is 4.90 Å². The lowest BCUT2D eigenvalue weighted by atomic mass is 9.69. The summed E-state index contributed by atoms with van der Waals surface area (Å²) in [6.45, 7) is 1.83. The van der Waals surface area contributed by atoms with Gasteiger partial charge in [-0.25, -0.2) is 0 Å². The Bertz CT molecular complexity index is 515. The van der Waals surface area contributed by atoms with Gasteiger partial charge < -0.3 is 9.64 Å². The van der Waals surface area contributed by atoms with Gasteiger partial charge >= 0.3 is 0 Å². The Morgan fingerprint density at radius 1 is 1.20 bits per heavy atom. The summed E-state index contributed by atoms with van der Waals surface area (Å²) < 4.78 is 5.68. The van der Waals surface area contributed by atoms with Crippen LogP contribution in [0.15, 0.2) is 30.3 Å². The fourth-order valence-corrected chi connectivity index (χ4v) is 4.11. The molecule has 3 heteroatoms. The second kappa shape index (κ2) is 4.59. The lowest BCUT2D eigenvalue weighted by molar-refractivity contribution is 0.0412. The summed E-state index contributed by atoms with van der Waals surface area (Å²) >= 11 is 0. The summed E-state index contributed by atoms with van der Waals surface area (Å²) in [6.07, 6.45) is 7.02. The standard InChI is InChI=1S/C17H21NO2/c19-16(13-5-2-1-3-6-13)18-10-4-8-17(12-18)9-7-14-15(11-17)20-14/h1-3,5-6,14-15H,4,7-12H2/t14-,15+,17+/m0/s1. The zero-order chi connectivity index (χ0) is 13.6. The molecule has 1 saturated carbocycles. The van der Waals surface area contributed by atoms with Gasteiger partial charge in [0.1, 0.15) is 0 Å². The highest BCUT2D eigenvalue weighted by Gasteiger charge is 2.51. The molecule has 2 saturated heterocycles. The number of nitrogens with zero attached hydrogens (tertiary/aromatic N) is 1. The fraction of sp³-hybridized carbons (Fsp3) is 0.588. The summed E-state index contributed by atoms with van der Waals surface area (Å²) in [6, 6.07) is 9.68. The zero-order valence-corrected chi connectivity index (χ0v) is 11.8. The van der Waals surface area contributed by atoms with Crippen LogP contribution in [0.2, 0.25) is 0 Å². The average Bonchev–Trinajstić information content (AvgIpc) is 3.25. The quantitative estimate of drug-likeness (QED) is 0.736. The molecule has 0 N–H and O–H groups in total. The Balaban J connectivity index is 1.50. The first-order chi connectivity index (χ1) is 9.76. The molecule has 3 fully saturated rings. The average molecular weight is 271 g/mol. The van der Waals surface area contributed by atoms with Gasteiger partial charge in [-0.1, -0.05) is 18.2 Å². The normalized spacial score (nSPS) is 35.7. The molecule has 0 bridgehead atoms. The number of hydrogen-bond donors (Lipinski definition) is 0. The number of ether oxygens (including phenoxy) is 1. The van der Waals surface area contributed by atoms with Crippen LogP contribution in [0.1, 0.15) is 42.5 Å². The number of likely N-dealkylation sites (tertiary alicyclic amines) is 1. The predicted molar refractivity (Wildman–Crippen MR) is 76.5 cm³/mol. The minimum absolute atomic E-state index is 0.198. The SMILES string of the molecule is O=C(c1ccccc1)N1CCC[C@]2(CC[C@@H]3O[C@@H]3C2)C1. The molecule has 106 valence electrons. The van der Waals surface area contributed by atoms with E-state index >= 15 is 0 Å². The van der Waals surface area contributed by atoms with Gasteiger partial charge in [0.15, 0.2) is 0 Å². The maximum Gasteiger partial charge on any atom is 0.253 e. The topological polar surface area (TPSA) is 32.8 Å². The second-order valence-electron chi connectivity index (χ2n) is 6.65. The van der Waals surface area contributed by atoms with Crippen molar-refractivity contribution < 1.29 is 9.53 Å². The Morgan fingerprint density at radius 3 is 2.85 bits per heavy atom. The van der Waals surface area contributed by atoms with Crippen LogP contribution >= 0.6 is 0 Å². The molecule has 1 aliphatic carbocycles. The van der Waals surface area contributed by atoms with E-state index in [1.807, 2.05) is 30.3 Å². The molecular weight excluding hydrogens is 250 g/mol. The van der Waals surface area contributed by atoms with E-state index in [-0.39, 0.29) is 5.91 Å². The zero-order valence-electron chi connectivity index (χ0n) is 11.8. The Hall–Kier alpha value is -1.35. The molecule has 20 heavy (non-hydrogen) atoms. The third-order valence-electron chi connectivity index (χ3n) is 5.25. The minimum Gasteiger partial charge on any atom is -0.370 e. The molecule has 3 nitrogen and oxygen atoms in total. The van der Waals surface area contributed by atoms with Crippen LogP contribution in [-0.2, 0) is 4.74 Å². The van der Waals surface area contributed by atoms with Gasteiger partial charge in [-0.2, -0.15) is 0 Å². The first-order valence-corrected chi connectivity index (χ1v) is 7.76. The third-order valence-corrected chi connectivity index (χ3v) is 5.25. The van der Waals surface area contributed by atoms with E-state index < -0.39 is 0 Å². The van der Waals surface area contributed by atoms with Crippen LogP contribution < -0.4 is 0 Å². The Kier molecular flexibility index (Phi) is 2.84. The highest BCUT2D eigenvalue weighted by atomic mass is 16.6. The number of benzene rings is 1. The second-order valence-corrected chi connectivity index (χ2v) is 6.65. The Labute approximate surface area is 119 Å². The van der Waals surface area contributed by atoms with E-state index in [4.69, 9.17) is 4.74 Å². The Morgan fingerprint density at radius 2 is 2.05 bits per heavy atom. The van der Waals surface area contributed by atoms with Crippen molar-refractivity contribution in [2.45, 2.75) is 44.3 Å². The van der Waals surface area contributed by atoms with Gasteiger partial charge in [0, 0.05) is 18.7 Å². The maximum absolute atomic E-state index is 12.6. The highest BCUT2D eigenvalue weighted by Crippen LogP contribution is 2.50. The van der Waals surface area contributed by atoms with E-state index in [1.54, 1.807) is 0 Å². The number of piperidine rings is 1. The summed E-state index contributed by atoms with van der Waals surface area (Å²) in [5.41, 5.74) is 1.15. The first kappa shape index (κ1) is 12.4. The van der Waals surface area contributed by atoms with Gasteiger partial charge in [-0.15, -0.1) is 0 Å². The van der Waals surface area contributed by atoms with Crippen LogP contribution in [0.4, 0.5) is 0 Å². The van der Waals surface area contributed by atoms with E-state index in [9.17, 15) is 4.79 Å². The lowest BCUT2D eigenvalue weighted by Crippen LogP contribution is -2.47. The number of hydrogen-bond acceptors (Lipinski definition) is 2. The number of amides is 1. The maximum atomic E-state index is 12.6. The molecule has 3 atom stereocenters. The van der Waals surface area contributed by atoms with Crippen LogP contribution in [-0.4, -0.2) is 36.1 Å². The molecule has 1 spiro atoms. The number of fused-ring (bicyclic) bond motifs is 1. The number of rotatable bonds is 1. The molecule has 1 aromatic carbocycles. The highest BCUT2D eigenvalue weighted by molar-refractivity contribution is 5.94. The van der Waals surface area contributed by atoms with Crippen LogP contribution in [0.5, 0.6) is 0 Å². The lowest BCUT2D eigenvalue weighted by Gasteiger charge is -2.44. The van der Waals surface area contributed by atoms with Gasteiger partial charge in [0.05, 0.1) is 12.2 Å². The monoisotopic (exact) mass is 271 g/mol. The van der Waals surface area contributed by atoms with Gasteiger partial charge in [0.2, 0.25) is 0 Å². The molecule has 2 heterocycles. The molecule has 0 unspecified atom stereocenters. The number of carbonyl (C=O) groups excluding carboxylic acids is 1. The molecular formula is C17H21NO2. The summed E-state index contributed by atoms with van der Waals surface area (Å²) in [5.74, 6) is 0.198. The number of carbonyl (C=O) groups is 1. The van der Waals surface area contributed by atoms with Crippen molar-refractivity contribution >= 4 is 5.91 Å². The van der Waals surface area contributed by atoms with E-state index in [1.165, 1.54) is 19.3 Å². The van der Waals surface area contributed by atoms with Crippen molar-refractivity contribution in [3.63, 3.8) is 0 Å². The van der Waals surface area contributed by atoms with Crippen molar-refractivity contribution in [2.75, 3.05) is 13.1 Å².